The molecule has 7 nitrogen and oxygen atoms in total. The quantitative estimate of drug-likeness (QED) is 0.861. The number of carbonyl (C=O) groups is 1. The van der Waals surface area contributed by atoms with Crippen LogP contribution in [-0.4, -0.2) is 41.3 Å². The molecule has 2 aromatic heterocycles. The highest BCUT2D eigenvalue weighted by molar-refractivity contribution is 5.89. The van der Waals surface area contributed by atoms with Crippen molar-refractivity contribution < 1.29 is 9.53 Å². The minimum atomic E-state index is -0.465. The lowest BCUT2D eigenvalue weighted by Gasteiger charge is -2.34. The molecule has 27 heavy (non-hydrogen) atoms. The summed E-state index contributed by atoms with van der Waals surface area (Å²) in [5, 5.41) is 3.82. The van der Waals surface area contributed by atoms with E-state index in [1.807, 2.05) is 32.9 Å². The molecular weight excluding hydrogens is 344 g/mol. The van der Waals surface area contributed by atoms with Crippen LogP contribution in [0.3, 0.4) is 0 Å². The van der Waals surface area contributed by atoms with E-state index in [1.54, 1.807) is 12.3 Å². The zero-order chi connectivity index (χ0) is 19.4. The highest BCUT2D eigenvalue weighted by Crippen LogP contribution is 2.29. The molecule has 1 aliphatic heterocycles. The van der Waals surface area contributed by atoms with Crippen molar-refractivity contribution in [2.24, 2.45) is 5.92 Å². The van der Waals surface area contributed by atoms with Crippen LogP contribution in [-0.2, 0) is 4.74 Å². The van der Waals surface area contributed by atoms with E-state index in [-0.39, 0.29) is 11.7 Å². The third kappa shape index (κ3) is 5.21. The number of pyridine rings is 2. The molecule has 1 aliphatic rings. The number of piperidine rings is 1. The molecule has 7 heteroatoms. The summed E-state index contributed by atoms with van der Waals surface area (Å²) in [5.41, 5.74) is 1.14. The van der Waals surface area contributed by atoms with Gasteiger partial charge in [-0.3, -0.25) is 4.79 Å². The number of anilines is 1. The number of rotatable bonds is 4. The second kappa shape index (κ2) is 7.98. The lowest BCUT2D eigenvalue weighted by molar-refractivity contribution is 0.0524. The first kappa shape index (κ1) is 19.2. The lowest BCUT2D eigenvalue weighted by atomic mass is 9.93. The van der Waals surface area contributed by atoms with Gasteiger partial charge in [0.1, 0.15) is 11.2 Å². The molecule has 0 aliphatic carbocycles. The van der Waals surface area contributed by atoms with Gasteiger partial charge in [0.2, 0.25) is 5.56 Å². The third-order valence-electron chi connectivity index (χ3n) is 4.79. The second-order valence-electron chi connectivity index (χ2n) is 8.06. The van der Waals surface area contributed by atoms with E-state index in [0.717, 1.165) is 43.4 Å². The standard InChI is InChI=1S/C20H28N4O3/c1-20(2,3)27-19(26)22-10-6-14-8-12-24(13-9-14)16-7-11-21-18-15(16)4-5-17(25)23-18/h4-5,7,11,14H,6,8-10,12-13H2,1-3H3,(H,22,26)(H,21,23,25). The van der Waals surface area contributed by atoms with Gasteiger partial charge < -0.3 is 19.9 Å². The topological polar surface area (TPSA) is 87.3 Å². The highest BCUT2D eigenvalue weighted by atomic mass is 16.6. The second-order valence-corrected chi connectivity index (χ2v) is 8.06. The summed E-state index contributed by atoms with van der Waals surface area (Å²) in [6.07, 6.45) is 4.49. The Balaban J connectivity index is 1.51. The Morgan fingerprint density at radius 3 is 2.74 bits per heavy atom. The van der Waals surface area contributed by atoms with E-state index in [1.165, 1.54) is 0 Å². The van der Waals surface area contributed by atoms with E-state index in [0.29, 0.717) is 18.1 Å². The number of aromatic nitrogens is 2. The maximum Gasteiger partial charge on any atom is 0.407 e. The zero-order valence-corrected chi connectivity index (χ0v) is 16.2. The molecule has 146 valence electrons. The molecule has 0 radical (unpaired) electrons. The number of fused-ring (bicyclic) bond motifs is 1. The fraction of sp³-hybridized carbons (Fsp3) is 0.550. The summed E-state index contributed by atoms with van der Waals surface area (Å²) in [4.78, 5) is 32.6. The monoisotopic (exact) mass is 372 g/mol. The first-order chi connectivity index (χ1) is 12.8. The Labute approximate surface area is 159 Å². The van der Waals surface area contributed by atoms with Gasteiger partial charge in [0.15, 0.2) is 0 Å². The summed E-state index contributed by atoms with van der Waals surface area (Å²) in [7, 11) is 0. The number of nitrogens with one attached hydrogen (secondary N) is 2. The van der Waals surface area contributed by atoms with Crippen LogP contribution in [0.5, 0.6) is 0 Å². The molecule has 0 spiro atoms. The van der Waals surface area contributed by atoms with Gasteiger partial charge in [-0.2, -0.15) is 0 Å². The van der Waals surface area contributed by atoms with Crippen molar-refractivity contribution in [1.82, 2.24) is 15.3 Å². The molecule has 3 heterocycles. The molecule has 3 rings (SSSR count). The van der Waals surface area contributed by atoms with Crippen LogP contribution in [0.4, 0.5) is 10.5 Å². The number of ether oxygens (including phenoxy) is 1. The summed E-state index contributed by atoms with van der Waals surface area (Å²) in [6.45, 7) is 8.13. The van der Waals surface area contributed by atoms with Gasteiger partial charge in [-0.15, -0.1) is 0 Å². The Bertz CT molecular complexity index is 848. The van der Waals surface area contributed by atoms with Crippen molar-refractivity contribution >= 4 is 22.8 Å². The van der Waals surface area contributed by atoms with Crippen LogP contribution < -0.4 is 15.8 Å². The molecule has 0 aromatic carbocycles. The number of carbonyl (C=O) groups excluding carboxylic acids is 1. The SMILES string of the molecule is CC(C)(C)OC(=O)NCCC1CCN(c2ccnc3[nH]c(=O)ccc23)CC1. The van der Waals surface area contributed by atoms with Crippen LogP contribution in [0.15, 0.2) is 29.2 Å². The van der Waals surface area contributed by atoms with Gasteiger partial charge in [-0.25, -0.2) is 9.78 Å². The summed E-state index contributed by atoms with van der Waals surface area (Å²) >= 11 is 0. The first-order valence-corrected chi connectivity index (χ1v) is 9.52. The smallest absolute Gasteiger partial charge is 0.407 e. The number of alkyl carbamates (subject to hydrolysis) is 1. The van der Waals surface area contributed by atoms with Crippen molar-refractivity contribution in [1.29, 1.82) is 0 Å². The molecule has 1 fully saturated rings. The summed E-state index contributed by atoms with van der Waals surface area (Å²) in [5.74, 6) is 0.587. The normalized spacial score (nSPS) is 15.7. The number of hydrogen-bond acceptors (Lipinski definition) is 5. The Kier molecular flexibility index (Phi) is 5.68. The fourth-order valence-corrected chi connectivity index (χ4v) is 3.48. The van der Waals surface area contributed by atoms with Gasteiger partial charge in [-0.1, -0.05) is 0 Å². The minimum absolute atomic E-state index is 0.136. The largest absolute Gasteiger partial charge is 0.444 e. The molecule has 0 bridgehead atoms. The maximum atomic E-state index is 11.7. The molecule has 0 unspecified atom stereocenters. The van der Waals surface area contributed by atoms with Crippen LogP contribution in [0.2, 0.25) is 0 Å². The first-order valence-electron chi connectivity index (χ1n) is 9.52. The highest BCUT2D eigenvalue weighted by Gasteiger charge is 2.21. The van der Waals surface area contributed by atoms with Crippen LogP contribution in [0.25, 0.3) is 11.0 Å². The van der Waals surface area contributed by atoms with Crippen molar-refractivity contribution in [3.8, 4) is 0 Å². The van der Waals surface area contributed by atoms with Gasteiger partial charge in [0.25, 0.3) is 0 Å². The molecule has 2 aromatic rings. The van der Waals surface area contributed by atoms with E-state index >= 15 is 0 Å². The van der Waals surface area contributed by atoms with Crippen LogP contribution >= 0.6 is 0 Å². The number of hydrogen-bond donors (Lipinski definition) is 2. The average molecular weight is 372 g/mol. The zero-order valence-electron chi connectivity index (χ0n) is 16.2. The maximum absolute atomic E-state index is 11.7. The third-order valence-corrected chi connectivity index (χ3v) is 4.79. The number of amides is 1. The predicted octanol–water partition coefficient (Wildman–Crippen LogP) is 3.05. The lowest BCUT2D eigenvalue weighted by Crippen LogP contribution is -2.36. The minimum Gasteiger partial charge on any atom is -0.444 e. The van der Waals surface area contributed by atoms with E-state index < -0.39 is 5.60 Å². The average Bonchev–Trinajstić information content (AvgIpc) is 2.60. The predicted molar refractivity (Wildman–Crippen MR) is 106 cm³/mol. The van der Waals surface area contributed by atoms with Gasteiger partial charge in [-0.05, 0) is 58.1 Å². The summed E-state index contributed by atoms with van der Waals surface area (Å²) < 4.78 is 5.26. The van der Waals surface area contributed by atoms with Crippen LogP contribution in [0, 0.1) is 5.92 Å². The number of H-pyrrole nitrogens is 1. The molecule has 0 atom stereocenters. The van der Waals surface area contributed by atoms with Crippen molar-refractivity contribution in [3.05, 3.63) is 34.7 Å². The fourth-order valence-electron chi connectivity index (χ4n) is 3.48. The van der Waals surface area contributed by atoms with Crippen molar-refractivity contribution in [2.75, 3.05) is 24.5 Å². The number of nitrogens with zero attached hydrogens (tertiary/aromatic N) is 2. The molecule has 1 amide bonds. The Morgan fingerprint density at radius 1 is 1.30 bits per heavy atom. The molecular formula is C20H28N4O3. The molecule has 2 N–H and O–H groups in total. The Morgan fingerprint density at radius 2 is 2.04 bits per heavy atom. The van der Waals surface area contributed by atoms with E-state index in [2.05, 4.69) is 20.2 Å². The summed E-state index contributed by atoms with van der Waals surface area (Å²) in [6, 6.07) is 5.39. The number of aromatic amines is 1. The molecule has 1 saturated heterocycles. The molecule has 0 saturated carbocycles. The van der Waals surface area contributed by atoms with E-state index in [9.17, 15) is 9.59 Å². The van der Waals surface area contributed by atoms with Crippen molar-refractivity contribution in [3.63, 3.8) is 0 Å². The van der Waals surface area contributed by atoms with Gasteiger partial charge in [0, 0.05) is 43.0 Å². The van der Waals surface area contributed by atoms with Gasteiger partial charge in [0.05, 0.1) is 0 Å². The Hall–Kier alpha value is -2.57. The van der Waals surface area contributed by atoms with E-state index in [4.69, 9.17) is 4.74 Å². The van der Waals surface area contributed by atoms with Gasteiger partial charge >= 0.3 is 6.09 Å². The van der Waals surface area contributed by atoms with Crippen LogP contribution in [0.1, 0.15) is 40.0 Å². The van der Waals surface area contributed by atoms with Crippen molar-refractivity contribution in [2.45, 2.75) is 45.6 Å².